The molecule has 0 aromatic heterocycles. The maximum atomic E-state index is 12.4. The predicted octanol–water partition coefficient (Wildman–Crippen LogP) is 2.95. The van der Waals surface area contributed by atoms with Crippen molar-refractivity contribution >= 4 is 5.97 Å². The van der Waals surface area contributed by atoms with E-state index in [-0.39, 0.29) is 5.75 Å². The number of aryl methyl sites for hydroxylation is 2. The number of carboxylic acids is 1. The molecule has 1 aromatic rings. The zero-order chi connectivity index (χ0) is 13.9. The van der Waals surface area contributed by atoms with Gasteiger partial charge in [-0.2, -0.15) is 13.2 Å². The monoisotopic (exact) mass is 262 g/mol. The van der Waals surface area contributed by atoms with Crippen LogP contribution in [0.2, 0.25) is 0 Å². The van der Waals surface area contributed by atoms with E-state index < -0.39 is 24.7 Å². The average molecular weight is 262 g/mol. The van der Waals surface area contributed by atoms with Crippen LogP contribution >= 0.6 is 0 Å². The molecule has 0 fully saturated rings. The van der Waals surface area contributed by atoms with Gasteiger partial charge in [-0.3, -0.25) is 4.79 Å². The first kappa shape index (κ1) is 14.3. The third-order valence-corrected chi connectivity index (χ3v) is 2.59. The summed E-state index contributed by atoms with van der Waals surface area (Å²) in [7, 11) is 0. The van der Waals surface area contributed by atoms with Gasteiger partial charge in [-0.15, -0.1) is 0 Å². The van der Waals surface area contributed by atoms with Gasteiger partial charge in [0.05, 0.1) is 0 Å². The Morgan fingerprint density at radius 3 is 2.39 bits per heavy atom. The number of hydrogen-bond acceptors (Lipinski definition) is 2. The fraction of sp³-hybridized carbons (Fsp3) is 0.417. The molecule has 18 heavy (non-hydrogen) atoms. The molecule has 0 radical (unpaired) electrons. The van der Waals surface area contributed by atoms with Gasteiger partial charge in [-0.1, -0.05) is 6.07 Å². The van der Waals surface area contributed by atoms with E-state index in [1.54, 1.807) is 19.1 Å². The number of rotatable bonds is 4. The molecule has 100 valence electrons. The molecule has 1 atom stereocenters. The van der Waals surface area contributed by atoms with Crippen LogP contribution in [0.1, 0.15) is 11.1 Å². The Hall–Kier alpha value is -1.72. The number of halogens is 3. The zero-order valence-electron chi connectivity index (χ0n) is 9.91. The van der Waals surface area contributed by atoms with E-state index in [1.807, 2.05) is 6.92 Å². The largest absolute Gasteiger partial charge is 0.492 e. The van der Waals surface area contributed by atoms with Crippen LogP contribution in [0.3, 0.4) is 0 Å². The molecule has 0 saturated heterocycles. The molecule has 0 heterocycles. The summed E-state index contributed by atoms with van der Waals surface area (Å²) in [5.74, 6) is -4.22. The third-order valence-electron chi connectivity index (χ3n) is 2.59. The quantitative estimate of drug-likeness (QED) is 0.907. The van der Waals surface area contributed by atoms with E-state index in [1.165, 1.54) is 6.07 Å². The molecule has 3 nitrogen and oxygen atoms in total. The second kappa shape index (κ2) is 5.29. The van der Waals surface area contributed by atoms with Gasteiger partial charge in [-0.25, -0.2) is 0 Å². The lowest BCUT2D eigenvalue weighted by molar-refractivity contribution is -0.198. The number of aliphatic carboxylic acids is 1. The first-order valence-corrected chi connectivity index (χ1v) is 5.21. The molecule has 0 aliphatic rings. The summed E-state index contributed by atoms with van der Waals surface area (Å²) in [5, 5.41) is 8.49. The van der Waals surface area contributed by atoms with Crippen LogP contribution < -0.4 is 4.74 Å². The second-order valence-corrected chi connectivity index (χ2v) is 3.99. The Morgan fingerprint density at radius 1 is 1.33 bits per heavy atom. The van der Waals surface area contributed by atoms with Crippen LogP contribution in [0.15, 0.2) is 18.2 Å². The molecular weight excluding hydrogens is 249 g/mol. The molecule has 1 aromatic carbocycles. The van der Waals surface area contributed by atoms with E-state index in [2.05, 4.69) is 0 Å². The Bertz CT molecular complexity index is 441. The van der Waals surface area contributed by atoms with Crippen molar-refractivity contribution in [3.63, 3.8) is 0 Å². The van der Waals surface area contributed by atoms with Crippen LogP contribution in [-0.2, 0) is 4.79 Å². The summed E-state index contributed by atoms with van der Waals surface area (Å²) >= 11 is 0. The van der Waals surface area contributed by atoms with Crippen LogP contribution in [0.4, 0.5) is 13.2 Å². The molecule has 0 bridgehead atoms. The van der Waals surface area contributed by atoms with Crippen molar-refractivity contribution in [1.82, 2.24) is 0 Å². The van der Waals surface area contributed by atoms with Gasteiger partial charge in [0, 0.05) is 0 Å². The van der Waals surface area contributed by atoms with Crippen LogP contribution in [0, 0.1) is 19.8 Å². The molecule has 0 saturated carbocycles. The molecule has 0 aliphatic heterocycles. The summed E-state index contributed by atoms with van der Waals surface area (Å²) in [4.78, 5) is 10.5. The lowest BCUT2D eigenvalue weighted by atomic mass is 10.1. The highest BCUT2D eigenvalue weighted by molar-refractivity contribution is 5.71. The second-order valence-electron chi connectivity index (χ2n) is 3.99. The molecule has 0 spiro atoms. The SMILES string of the molecule is Cc1ccc(OCC(C(=O)O)C(F)(F)F)cc1C. The standard InChI is InChI=1S/C12H13F3O3/c1-7-3-4-9(5-8(7)2)18-6-10(11(16)17)12(13,14)15/h3-5,10H,6H2,1-2H3,(H,16,17). The first-order valence-electron chi connectivity index (χ1n) is 5.21. The Morgan fingerprint density at radius 2 is 1.94 bits per heavy atom. The van der Waals surface area contributed by atoms with Gasteiger partial charge in [0.15, 0.2) is 5.92 Å². The van der Waals surface area contributed by atoms with E-state index >= 15 is 0 Å². The molecule has 0 aliphatic carbocycles. The average Bonchev–Trinajstić information content (AvgIpc) is 2.21. The minimum absolute atomic E-state index is 0.230. The lowest BCUT2D eigenvalue weighted by Crippen LogP contribution is -2.35. The van der Waals surface area contributed by atoms with Crippen molar-refractivity contribution in [3.8, 4) is 5.75 Å². The molecule has 1 unspecified atom stereocenters. The number of alkyl halides is 3. The van der Waals surface area contributed by atoms with E-state index in [4.69, 9.17) is 9.84 Å². The topological polar surface area (TPSA) is 46.5 Å². The number of ether oxygens (including phenoxy) is 1. The minimum atomic E-state index is -4.81. The van der Waals surface area contributed by atoms with E-state index in [0.29, 0.717) is 0 Å². The highest BCUT2D eigenvalue weighted by Crippen LogP contribution is 2.27. The van der Waals surface area contributed by atoms with E-state index in [0.717, 1.165) is 11.1 Å². The smallest absolute Gasteiger partial charge is 0.405 e. The Labute approximate surface area is 102 Å². The Kier molecular flexibility index (Phi) is 4.21. The van der Waals surface area contributed by atoms with Crippen molar-refractivity contribution in [2.24, 2.45) is 5.92 Å². The highest BCUT2D eigenvalue weighted by atomic mass is 19.4. The van der Waals surface area contributed by atoms with Crippen LogP contribution in [0.25, 0.3) is 0 Å². The van der Waals surface area contributed by atoms with Crippen molar-refractivity contribution in [2.45, 2.75) is 20.0 Å². The third kappa shape index (κ3) is 3.65. The van der Waals surface area contributed by atoms with Gasteiger partial charge in [0.25, 0.3) is 0 Å². The molecule has 0 amide bonds. The maximum Gasteiger partial charge on any atom is 0.405 e. The lowest BCUT2D eigenvalue weighted by Gasteiger charge is -2.17. The number of carbonyl (C=O) groups is 1. The van der Waals surface area contributed by atoms with Gasteiger partial charge < -0.3 is 9.84 Å². The van der Waals surface area contributed by atoms with Crippen molar-refractivity contribution in [3.05, 3.63) is 29.3 Å². The summed E-state index contributed by atoms with van der Waals surface area (Å²) in [6.45, 7) is 2.72. The predicted molar refractivity (Wildman–Crippen MR) is 58.6 cm³/mol. The molecular formula is C12H13F3O3. The summed E-state index contributed by atoms with van der Waals surface area (Å²) in [6.07, 6.45) is -4.81. The van der Waals surface area contributed by atoms with Gasteiger partial charge in [0.1, 0.15) is 12.4 Å². The van der Waals surface area contributed by atoms with Gasteiger partial charge in [0.2, 0.25) is 0 Å². The van der Waals surface area contributed by atoms with Crippen LogP contribution in [-0.4, -0.2) is 23.9 Å². The molecule has 1 rings (SSSR count). The fourth-order valence-corrected chi connectivity index (χ4v) is 1.29. The normalized spacial score (nSPS) is 13.2. The Balaban J connectivity index is 2.73. The van der Waals surface area contributed by atoms with Crippen molar-refractivity contribution < 1.29 is 27.8 Å². The fourth-order valence-electron chi connectivity index (χ4n) is 1.29. The summed E-state index contributed by atoms with van der Waals surface area (Å²) in [5.41, 5.74) is 1.85. The number of hydrogen-bond donors (Lipinski definition) is 1. The first-order chi connectivity index (χ1) is 8.21. The summed E-state index contributed by atoms with van der Waals surface area (Å²) < 4.78 is 42.0. The van der Waals surface area contributed by atoms with Crippen molar-refractivity contribution in [1.29, 1.82) is 0 Å². The molecule has 6 heteroatoms. The zero-order valence-corrected chi connectivity index (χ0v) is 9.91. The van der Waals surface area contributed by atoms with E-state index in [9.17, 15) is 18.0 Å². The highest BCUT2D eigenvalue weighted by Gasteiger charge is 2.45. The van der Waals surface area contributed by atoms with Crippen molar-refractivity contribution in [2.75, 3.05) is 6.61 Å². The molecule has 1 N–H and O–H groups in total. The summed E-state index contributed by atoms with van der Waals surface area (Å²) in [6, 6.07) is 4.79. The van der Waals surface area contributed by atoms with Gasteiger partial charge in [-0.05, 0) is 37.1 Å². The number of benzene rings is 1. The van der Waals surface area contributed by atoms with Crippen LogP contribution in [0.5, 0.6) is 5.75 Å². The maximum absolute atomic E-state index is 12.4. The minimum Gasteiger partial charge on any atom is -0.492 e. The van der Waals surface area contributed by atoms with Gasteiger partial charge >= 0.3 is 12.1 Å². The number of carboxylic acid groups (broad SMARTS) is 1.